The summed E-state index contributed by atoms with van der Waals surface area (Å²) in [5, 5.41) is 10.0. The highest BCUT2D eigenvalue weighted by atomic mass is 15.1. The molecule has 0 aliphatic heterocycles. The van der Waals surface area contributed by atoms with E-state index in [0.29, 0.717) is 0 Å². The monoisotopic (exact) mass is 875 g/mol. The van der Waals surface area contributed by atoms with Crippen LogP contribution in [-0.4, -0.2) is 0 Å². The second-order valence-electron chi connectivity index (χ2n) is 19.9. The highest BCUT2D eigenvalue weighted by Gasteiger charge is 2.52. The van der Waals surface area contributed by atoms with Crippen LogP contribution in [0.5, 0.6) is 0 Å². The van der Waals surface area contributed by atoms with Gasteiger partial charge in [-0.3, -0.25) is 0 Å². The van der Waals surface area contributed by atoms with E-state index < -0.39 is 5.41 Å². The standard InChI is InChI=1S/C68H45N/c1-67(2)58-28-13-12-27-54(58)66-62(67)32-17-33-64(66)69(45-36-37-50-48-22-6-5-20-46(48)47-21-7-8-23-49(47)56(50)39-45)65-41-63-57(40-55(65)44-35-34-42-18-3-4-19-43(42)38-44)53-26-11-16-31-61(53)68(63)59-29-14-9-24-51(59)52-25-10-15-30-60(52)68/h3-41H,1-2H3. The Bertz CT molecular complexity index is 4110. The first-order valence-electron chi connectivity index (χ1n) is 24.3. The van der Waals surface area contributed by atoms with E-state index in [1.165, 1.54) is 127 Å². The molecule has 0 amide bonds. The van der Waals surface area contributed by atoms with Gasteiger partial charge in [0.05, 0.1) is 16.8 Å². The van der Waals surface area contributed by atoms with Crippen LogP contribution in [0, 0.1) is 0 Å². The number of hydrogen-bond acceptors (Lipinski definition) is 1. The first-order valence-corrected chi connectivity index (χ1v) is 24.3. The van der Waals surface area contributed by atoms with Gasteiger partial charge in [-0.25, -0.2) is 0 Å². The van der Waals surface area contributed by atoms with Crippen LogP contribution in [0.1, 0.15) is 47.2 Å². The molecule has 0 saturated carbocycles. The van der Waals surface area contributed by atoms with Crippen molar-refractivity contribution in [3.05, 3.63) is 270 Å². The van der Waals surface area contributed by atoms with Crippen LogP contribution in [0.15, 0.2) is 237 Å². The van der Waals surface area contributed by atoms with Gasteiger partial charge in [-0.1, -0.05) is 214 Å². The number of hydrogen-bond donors (Lipinski definition) is 0. The Morgan fingerprint density at radius 1 is 0.290 bits per heavy atom. The highest BCUT2D eigenvalue weighted by molar-refractivity contribution is 6.26. The van der Waals surface area contributed by atoms with Gasteiger partial charge in [0.25, 0.3) is 0 Å². The summed E-state index contributed by atoms with van der Waals surface area (Å²) in [4.78, 5) is 2.63. The number of anilines is 3. The van der Waals surface area contributed by atoms with Crippen LogP contribution in [-0.2, 0) is 10.8 Å². The fourth-order valence-corrected chi connectivity index (χ4v) is 13.3. The van der Waals surface area contributed by atoms with Crippen molar-refractivity contribution < 1.29 is 0 Å². The summed E-state index contributed by atoms with van der Waals surface area (Å²) in [5.74, 6) is 0. The van der Waals surface area contributed by atoms with Gasteiger partial charge in [0.15, 0.2) is 0 Å². The third-order valence-electron chi connectivity index (χ3n) is 16.2. The molecule has 12 aromatic rings. The SMILES string of the molecule is CC1(C)c2ccccc2-c2c(N(c3ccc4c5ccccc5c5ccccc5c4c3)c3cc4c(cc3-c3ccc5ccccc5c3)-c3ccccc3C43c4ccccc4-c4ccccc43)cccc21. The molecule has 0 unspecified atom stereocenters. The molecular formula is C68H45N. The summed E-state index contributed by atoms with van der Waals surface area (Å²) in [6, 6.07) is 89.8. The van der Waals surface area contributed by atoms with Gasteiger partial charge < -0.3 is 4.90 Å². The second kappa shape index (κ2) is 14.0. The smallest absolute Gasteiger partial charge is 0.0726 e. The molecule has 1 nitrogen and oxygen atoms in total. The minimum atomic E-state index is -0.521. The maximum Gasteiger partial charge on any atom is 0.0726 e. The van der Waals surface area contributed by atoms with Gasteiger partial charge in [0.1, 0.15) is 0 Å². The van der Waals surface area contributed by atoms with Crippen LogP contribution in [0.3, 0.4) is 0 Å². The van der Waals surface area contributed by atoms with Crippen LogP contribution in [0.4, 0.5) is 17.1 Å². The molecule has 12 aromatic carbocycles. The molecule has 0 radical (unpaired) electrons. The van der Waals surface area contributed by atoms with Crippen molar-refractivity contribution in [2.75, 3.05) is 4.90 Å². The zero-order valence-electron chi connectivity index (χ0n) is 38.5. The van der Waals surface area contributed by atoms with Crippen LogP contribution >= 0.6 is 0 Å². The van der Waals surface area contributed by atoms with Crippen LogP contribution < -0.4 is 4.90 Å². The fourth-order valence-electron chi connectivity index (χ4n) is 13.3. The van der Waals surface area contributed by atoms with E-state index in [2.05, 4.69) is 255 Å². The summed E-state index contributed by atoms with van der Waals surface area (Å²) < 4.78 is 0. The average Bonchev–Trinajstić information content (AvgIpc) is 3.97. The molecule has 322 valence electrons. The first kappa shape index (κ1) is 38.6. The maximum absolute atomic E-state index is 2.63. The molecule has 0 aromatic heterocycles. The lowest BCUT2D eigenvalue weighted by Crippen LogP contribution is -2.26. The van der Waals surface area contributed by atoms with Crippen molar-refractivity contribution in [1.82, 2.24) is 0 Å². The predicted octanol–water partition coefficient (Wildman–Crippen LogP) is 18.1. The van der Waals surface area contributed by atoms with Crippen LogP contribution in [0.2, 0.25) is 0 Å². The van der Waals surface area contributed by atoms with E-state index in [9.17, 15) is 0 Å². The van der Waals surface area contributed by atoms with Gasteiger partial charge in [-0.05, 0) is 146 Å². The Kier molecular flexibility index (Phi) is 7.83. The molecule has 0 fully saturated rings. The minimum Gasteiger partial charge on any atom is -0.309 e. The second-order valence-corrected chi connectivity index (χ2v) is 19.9. The van der Waals surface area contributed by atoms with E-state index in [1.807, 2.05) is 0 Å². The molecule has 0 saturated heterocycles. The highest BCUT2D eigenvalue weighted by Crippen LogP contribution is 2.65. The van der Waals surface area contributed by atoms with E-state index in [1.54, 1.807) is 0 Å². The molecule has 0 N–H and O–H groups in total. The number of rotatable bonds is 4. The molecule has 0 atom stereocenters. The first-order chi connectivity index (χ1) is 34.0. The Balaban J connectivity index is 1.12. The minimum absolute atomic E-state index is 0.186. The quantitative estimate of drug-likeness (QED) is 0.159. The zero-order chi connectivity index (χ0) is 45.6. The van der Waals surface area contributed by atoms with Crippen molar-refractivity contribution in [2.24, 2.45) is 0 Å². The summed E-state index contributed by atoms with van der Waals surface area (Å²) >= 11 is 0. The number of nitrogens with zero attached hydrogens (tertiary/aromatic N) is 1. The third kappa shape index (κ3) is 5.09. The summed E-state index contributed by atoms with van der Waals surface area (Å²) in [5.41, 5.74) is 20.9. The maximum atomic E-state index is 2.63. The summed E-state index contributed by atoms with van der Waals surface area (Å²) in [7, 11) is 0. The van der Waals surface area contributed by atoms with Gasteiger partial charge in [0.2, 0.25) is 0 Å². The number of benzene rings is 12. The molecule has 1 spiro atoms. The van der Waals surface area contributed by atoms with Crippen molar-refractivity contribution >= 4 is 60.2 Å². The Morgan fingerprint density at radius 3 is 1.45 bits per heavy atom. The largest absolute Gasteiger partial charge is 0.309 e. The predicted molar refractivity (Wildman–Crippen MR) is 290 cm³/mol. The molecular weight excluding hydrogens is 831 g/mol. The molecule has 3 aliphatic rings. The molecule has 1 heteroatoms. The topological polar surface area (TPSA) is 3.24 Å². The van der Waals surface area contributed by atoms with E-state index in [4.69, 9.17) is 0 Å². The van der Waals surface area contributed by atoms with E-state index >= 15 is 0 Å². The number of fused-ring (bicyclic) bond motifs is 20. The van der Waals surface area contributed by atoms with Gasteiger partial charge in [0, 0.05) is 22.2 Å². The Hall–Kier alpha value is -8.52. The molecule has 15 rings (SSSR count). The van der Waals surface area contributed by atoms with E-state index in [0.717, 1.165) is 11.4 Å². The molecule has 3 aliphatic carbocycles. The van der Waals surface area contributed by atoms with E-state index in [-0.39, 0.29) is 5.41 Å². The Morgan fingerprint density at radius 2 is 0.797 bits per heavy atom. The van der Waals surface area contributed by atoms with Gasteiger partial charge >= 0.3 is 0 Å². The van der Waals surface area contributed by atoms with Crippen molar-refractivity contribution in [2.45, 2.75) is 24.7 Å². The Labute approximate surface area is 402 Å². The zero-order valence-corrected chi connectivity index (χ0v) is 38.5. The van der Waals surface area contributed by atoms with Crippen molar-refractivity contribution in [3.63, 3.8) is 0 Å². The lowest BCUT2D eigenvalue weighted by molar-refractivity contribution is 0.660. The normalized spacial score (nSPS) is 14.2. The van der Waals surface area contributed by atoms with Crippen molar-refractivity contribution in [3.8, 4) is 44.5 Å². The fraction of sp³-hybridized carbons (Fsp3) is 0.0588. The molecule has 0 bridgehead atoms. The summed E-state index contributed by atoms with van der Waals surface area (Å²) in [6.07, 6.45) is 0. The van der Waals surface area contributed by atoms with Crippen LogP contribution in [0.25, 0.3) is 87.6 Å². The lowest BCUT2D eigenvalue weighted by Gasteiger charge is -2.34. The van der Waals surface area contributed by atoms with Crippen molar-refractivity contribution in [1.29, 1.82) is 0 Å². The molecule has 69 heavy (non-hydrogen) atoms. The third-order valence-corrected chi connectivity index (χ3v) is 16.2. The molecule has 0 heterocycles. The average molecular weight is 876 g/mol. The van der Waals surface area contributed by atoms with Gasteiger partial charge in [-0.15, -0.1) is 0 Å². The summed E-state index contributed by atoms with van der Waals surface area (Å²) in [6.45, 7) is 4.79. The van der Waals surface area contributed by atoms with Gasteiger partial charge in [-0.2, -0.15) is 0 Å². The lowest BCUT2D eigenvalue weighted by atomic mass is 9.70.